The lowest BCUT2D eigenvalue weighted by Gasteiger charge is -2.17. The maximum Gasteiger partial charge on any atom is 0.324 e. The minimum Gasteiger partial charge on any atom is -0.489 e. The third-order valence-electron chi connectivity index (χ3n) is 3.57. The minimum absolute atomic E-state index is 0.0620. The molecule has 26 heavy (non-hydrogen) atoms. The van der Waals surface area contributed by atoms with Gasteiger partial charge in [-0.3, -0.25) is 9.69 Å². The molecule has 1 fully saturated rings. The fourth-order valence-electron chi connectivity index (χ4n) is 2.31. The number of aliphatic imine (C=N–C) groups is 1. The summed E-state index contributed by atoms with van der Waals surface area (Å²) in [7, 11) is 0. The molecule has 3 amide bonds. The summed E-state index contributed by atoms with van der Waals surface area (Å²) >= 11 is 5.86. The standard InChI is InChI=1S/C17H24ClN5O3/c1-3-19-16(20-8-9-23-15(24)11-22-17(23)25)21-10-12(2)26-14-6-4-13(18)5-7-14/h4-7,12H,3,8-11H2,1-2H3,(H,22,25)(H2,19,20,21). The molecule has 1 aromatic rings. The smallest absolute Gasteiger partial charge is 0.324 e. The summed E-state index contributed by atoms with van der Waals surface area (Å²) in [6.45, 7) is 5.79. The van der Waals surface area contributed by atoms with Crippen LogP contribution in [0.5, 0.6) is 5.75 Å². The Labute approximate surface area is 157 Å². The number of carbonyl (C=O) groups is 2. The van der Waals surface area contributed by atoms with E-state index >= 15 is 0 Å². The number of guanidine groups is 1. The average Bonchev–Trinajstić information content (AvgIpc) is 2.93. The van der Waals surface area contributed by atoms with Crippen molar-refractivity contribution >= 4 is 29.5 Å². The van der Waals surface area contributed by atoms with Gasteiger partial charge in [0.25, 0.3) is 0 Å². The van der Waals surface area contributed by atoms with Gasteiger partial charge in [-0.25, -0.2) is 9.79 Å². The average molecular weight is 382 g/mol. The molecule has 1 atom stereocenters. The van der Waals surface area contributed by atoms with Gasteiger partial charge in [0.15, 0.2) is 5.96 Å². The summed E-state index contributed by atoms with van der Waals surface area (Å²) in [4.78, 5) is 28.7. The number of rotatable bonds is 8. The van der Waals surface area contributed by atoms with Gasteiger partial charge in [-0.15, -0.1) is 0 Å². The van der Waals surface area contributed by atoms with Gasteiger partial charge in [0.05, 0.1) is 13.1 Å². The van der Waals surface area contributed by atoms with E-state index in [0.717, 1.165) is 5.75 Å². The van der Waals surface area contributed by atoms with E-state index in [1.807, 2.05) is 26.0 Å². The van der Waals surface area contributed by atoms with Crippen molar-refractivity contribution in [3.8, 4) is 5.75 Å². The zero-order valence-electron chi connectivity index (χ0n) is 14.9. The first-order valence-corrected chi connectivity index (χ1v) is 8.90. The molecule has 2 rings (SSSR count). The quantitative estimate of drug-likeness (QED) is 0.357. The number of carbonyl (C=O) groups excluding carboxylic acids is 2. The van der Waals surface area contributed by atoms with Crippen LogP contribution in [0.2, 0.25) is 5.02 Å². The molecule has 0 saturated carbocycles. The number of nitrogens with one attached hydrogen (secondary N) is 3. The van der Waals surface area contributed by atoms with Gasteiger partial charge in [-0.1, -0.05) is 11.6 Å². The number of hydrogen-bond donors (Lipinski definition) is 3. The second-order valence-electron chi connectivity index (χ2n) is 5.73. The highest BCUT2D eigenvalue weighted by Crippen LogP contribution is 2.16. The second kappa shape index (κ2) is 9.86. The maximum atomic E-state index is 11.5. The first-order valence-electron chi connectivity index (χ1n) is 8.52. The van der Waals surface area contributed by atoms with Crippen molar-refractivity contribution in [3.63, 3.8) is 0 Å². The molecule has 0 radical (unpaired) electrons. The SMILES string of the molecule is CCNC(=NCC(C)Oc1ccc(Cl)cc1)NCCN1C(=O)CNC1=O. The van der Waals surface area contributed by atoms with Crippen LogP contribution in [-0.4, -0.2) is 61.6 Å². The lowest BCUT2D eigenvalue weighted by molar-refractivity contribution is -0.124. The Balaban J connectivity index is 1.80. The van der Waals surface area contributed by atoms with Crippen LogP contribution in [0.1, 0.15) is 13.8 Å². The molecular weight excluding hydrogens is 358 g/mol. The largest absolute Gasteiger partial charge is 0.489 e. The molecule has 1 heterocycles. The summed E-state index contributed by atoms with van der Waals surface area (Å²) in [6.07, 6.45) is -0.127. The van der Waals surface area contributed by atoms with Crippen LogP contribution < -0.4 is 20.7 Å². The van der Waals surface area contributed by atoms with Crippen LogP contribution >= 0.6 is 11.6 Å². The van der Waals surface area contributed by atoms with Crippen molar-refractivity contribution in [1.82, 2.24) is 20.9 Å². The van der Waals surface area contributed by atoms with Crippen LogP contribution in [0.15, 0.2) is 29.3 Å². The Bertz CT molecular complexity index is 634. The number of ether oxygens (including phenoxy) is 1. The number of benzene rings is 1. The van der Waals surface area contributed by atoms with E-state index in [-0.39, 0.29) is 31.1 Å². The van der Waals surface area contributed by atoms with Gasteiger partial charge in [0.2, 0.25) is 5.91 Å². The van der Waals surface area contributed by atoms with Crippen LogP contribution in [-0.2, 0) is 4.79 Å². The Morgan fingerprint density at radius 3 is 2.69 bits per heavy atom. The summed E-state index contributed by atoms with van der Waals surface area (Å²) in [5, 5.41) is 9.37. The van der Waals surface area contributed by atoms with Gasteiger partial charge in [0, 0.05) is 24.7 Å². The Morgan fingerprint density at radius 2 is 2.08 bits per heavy atom. The Hall–Kier alpha value is -2.48. The first kappa shape index (κ1) is 19.8. The molecule has 1 saturated heterocycles. The lowest BCUT2D eigenvalue weighted by Crippen LogP contribution is -2.43. The van der Waals surface area contributed by atoms with E-state index in [4.69, 9.17) is 16.3 Å². The van der Waals surface area contributed by atoms with Crippen molar-refractivity contribution in [2.45, 2.75) is 20.0 Å². The second-order valence-corrected chi connectivity index (χ2v) is 6.17. The molecule has 3 N–H and O–H groups in total. The zero-order valence-corrected chi connectivity index (χ0v) is 15.7. The Morgan fingerprint density at radius 1 is 1.35 bits per heavy atom. The number of nitrogens with zero attached hydrogens (tertiary/aromatic N) is 2. The molecular formula is C17H24ClN5O3. The van der Waals surface area contributed by atoms with Crippen molar-refractivity contribution in [1.29, 1.82) is 0 Å². The van der Waals surface area contributed by atoms with Crippen molar-refractivity contribution < 1.29 is 14.3 Å². The highest BCUT2D eigenvalue weighted by Gasteiger charge is 2.27. The van der Waals surface area contributed by atoms with Crippen LogP contribution in [0.3, 0.4) is 0 Å². The Kier molecular flexibility index (Phi) is 7.53. The highest BCUT2D eigenvalue weighted by molar-refractivity contribution is 6.30. The number of halogens is 1. The summed E-state index contributed by atoms with van der Waals surface area (Å²) < 4.78 is 5.78. The predicted octanol–water partition coefficient (Wildman–Crippen LogP) is 1.21. The molecule has 0 spiro atoms. The first-order chi connectivity index (χ1) is 12.5. The van der Waals surface area contributed by atoms with Crippen LogP contribution in [0.4, 0.5) is 4.79 Å². The molecule has 1 aromatic carbocycles. The molecule has 1 aliphatic rings. The van der Waals surface area contributed by atoms with Crippen molar-refractivity contribution in [2.75, 3.05) is 32.7 Å². The third kappa shape index (κ3) is 6.11. The van der Waals surface area contributed by atoms with Crippen LogP contribution in [0, 0.1) is 0 Å². The number of imide groups is 1. The number of hydrogen-bond acceptors (Lipinski definition) is 4. The molecule has 1 aliphatic heterocycles. The van der Waals surface area contributed by atoms with E-state index in [1.165, 1.54) is 4.90 Å². The zero-order chi connectivity index (χ0) is 18.9. The third-order valence-corrected chi connectivity index (χ3v) is 3.82. The summed E-state index contributed by atoms with van der Waals surface area (Å²) in [5.74, 6) is 1.11. The van der Waals surface area contributed by atoms with Gasteiger partial charge >= 0.3 is 6.03 Å². The fraction of sp³-hybridized carbons (Fsp3) is 0.471. The molecule has 0 bridgehead atoms. The monoisotopic (exact) mass is 381 g/mol. The van der Waals surface area contributed by atoms with Gasteiger partial charge in [-0.2, -0.15) is 0 Å². The molecule has 9 heteroatoms. The van der Waals surface area contributed by atoms with E-state index in [0.29, 0.717) is 30.6 Å². The lowest BCUT2D eigenvalue weighted by atomic mass is 10.3. The van der Waals surface area contributed by atoms with Crippen molar-refractivity contribution in [2.24, 2.45) is 4.99 Å². The van der Waals surface area contributed by atoms with E-state index in [2.05, 4.69) is 20.9 Å². The molecule has 0 aromatic heterocycles. The van der Waals surface area contributed by atoms with Gasteiger partial charge in [-0.05, 0) is 38.1 Å². The predicted molar refractivity (Wildman–Crippen MR) is 101 cm³/mol. The summed E-state index contributed by atoms with van der Waals surface area (Å²) in [5.41, 5.74) is 0. The molecule has 0 aliphatic carbocycles. The summed E-state index contributed by atoms with van der Waals surface area (Å²) in [6, 6.07) is 6.81. The normalized spacial score (nSPS) is 15.7. The highest BCUT2D eigenvalue weighted by atomic mass is 35.5. The number of urea groups is 1. The minimum atomic E-state index is -0.358. The van der Waals surface area contributed by atoms with E-state index in [9.17, 15) is 9.59 Å². The topological polar surface area (TPSA) is 95.1 Å². The molecule has 8 nitrogen and oxygen atoms in total. The fourth-order valence-corrected chi connectivity index (χ4v) is 2.44. The van der Waals surface area contributed by atoms with Gasteiger partial charge in [0.1, 0.15) is 11.9 Å². The maximum absolute atomic E-state index is 11.5. The van der Waals surface area contributed by atoms with Crippen LogP contribution in [0.25, 0.3) is 0 Å². The molecule has 142 valence electrons. The van der Waals surface area contributed by atoms with E-state index in [1.54, 1.807) is 12.1 Å². The number of amides is 3. The van der Waals surface area contributed by atoms with Crippen molar-refractivity contribution in [3.05, 3.63) is 29.3 Å². The molecule has 1 unspecified atom stereocenters. The van der Waals surface area contributed by atoms with Gasteiger partial charge < -0.3 is 20.7 Å². The van der Waals surface area contributed by atoms with E-state index < -0.39 is 0 Å².